The summed E-state index contributed by atoms with van der Waals surface area (Å²) < 4.78 is 8.55. The Balaban J connectivity index is 1.54. The lowest BCUT2D eigenvalue weighted by Gasteiger charge is -2.06. The van der Waals surface area contributed by atoms with Crippen molar-refractivity contribution >= 4 is 38.4 Å². The molecule has 27 heavy (non-hydrogen) atoms. The molecule has 0 saturated carbocycles. The predicted molar refractivity (Wildman–Crippen MR) is 107 cm³/mol. The predicted octanol–water partition coefficient (Wildman–Crippen LogP) is 4.70. The Kier molecular flexibility index (Phi) is 4.53. The van der Waals surface area contributed by atoms with Gasteiger partial charge in [-0.2, -0.15) is 5.10 Å². The third-order valence-corrected chi connectivity index (χ3v) is 5.51. The summed E-state index contributed by atoms with van der Waals surface area (Å²) in [6.45, 7) is 4.38. The van der Waals surface area contributed by atoms with E-state index in [2.05, 4.69) is 31.3 Å². The van der Waals surface area contributed by atoms with Gasteiger partial charge in [0.15, 0.2) is 5.76 Å². The van der Waals surface area contributed by atoms with Gasteiger partial charge in [-0.1, -0.05) is 18.2 Å². The SMILES string of the molecule is Cc1nn(Cc2ccc(C(=O)Nc3cccc4cccnc34)o2)c(C)c1Br. The van der Waals surface area contributed by atoms with Crippen molar-refractivity contribution in [1.82, 2.24) is 14.8 Å². The fraction of sp³-hybridized carbons (Fsp3) is 0.150. The monoisotopic (exact) mass is 424 g/mol. The number of benzene rings is 1. The number of para-hydroxylation sites is 1. The normalized spacial score (nSPS) is 11.1. The maximum absolute atomic E-state index is 12.6. The maximum atomic E-state index is 12.6. The first-order chi connectivity index (χ1) is 13.0. The van der Waals surface area contributed by atoms with Crippen LogP contribution < -0.4 is 5.32 Å². The van der Waals surface area contributed by atoms with Crippen LogP contribution in [0.3, 0.4) is 0 Å². The van der Waals surface area contributed by atoms with Gasteiger partial charge in [0.05, 0.1) is 33.6 Å². The summed E-state index contributed by atoms with van der Waals surface area (Å²) in [7, 11) is 0. The highest BCUT2D eigenvalue weighted by molar-refractivity contribution is 9.10. The van der Waals surface area contributed by atoms with Crippen molar-refractivity contribution in [1.29, 1.82) is 0 Å². The lowest BCUT2D eigenvalue weighted by atomic mass is 10.2. The van der Waals surface area contributed by atoms with Crippen LogP contribution in [0.2, 0.25) is 0 Å². The summed E-state index contributed by atoms with van der Waals surface area (Å²) in [5.74, 6) is 0.599. The molecule has 0 spiro atoms. The Labute approximate surface area is 164 Å². The molecule has 3 heterocycles. The van der Waals surface area contributed by atoms with Gasteiger partial charge < -0.3 is 9.73 Å². The van der Waals surface area contributed by atoms with Crippen molar-refractivity contribution in [2.45, 2.75) is 20.4 Å². The number of anilines is 1. The van der Waals surface area contributed by atoms with Crippen LogP contribution >= 0.6 is 15.9 Å². The van der Waals surface area contributed by atoms with Crippen molar-refractivity contribution in [3.8, 4) is 0 Å². The molecule has 1 aromatic carbocycles. The van der Waals surface area contributed by atoms with Crippen LogP contribution in [0, 0.1) is 13.8 Å². The lowest BCUT2D eigenvalue weighted by molar-refractivity contribution is 0.0995. The van der Waals surface area contributed by atoms with Crippen LogP contribution in [-0.4, -0.2) is 20.7 Å². The number of carbonyl (C=O) groups excluding carboxylic acids is 1. The molecule has 0 bridgehead atoms. The zero-order chi connectivity index (χ0) is 19.0. The molecule has 7 heteroatoms. The molecule has 0 atom stereocenters. The summed E-state index contributed by atoms with van der Waals surface area (Å²) in [5.41, 5.74) is 3.32. The molecule has 0 aliphatic carbocycles. The number of nitrogens with zero attached hydrogens (tertiary/aromatic N) is 3. The zero-order valence-electron chi connectivity index (χ0n) is 14.9. The molecule has 0 fully saturated rings. The fourth-order valence-electron chi connectivity index (χ4n) is 2.95. The Morgan fingerprint density at radius 3 is 2.78 bits per heavy atom. The van der Waals surface area contributed by atoms with Gasteiger partial charge in [-0.3, -0.25) is 14.5 Å². The van der Waals surface area contributed by atoms with Crippen LogP contribution in [0.1, 0.15) is 27.7 Å². The quantitative estimate of drug-likeness (QED) is 0.514. The van der Waals surface area contributed by atoms with Gasteiger partial charge in [0.25, 0.3) is 5.91 Å². The number of halogens is 1. The molecule has 3 aromatic heterocycles. The topological polar surface area (TPSA) is 73.0 Å². The summed E-state index contributed by atoms with van der Waals surface area (Å²) >= 11 is 3.51. The van der Waals surface area contributed by atoms with Crippen molar-refractivity contribution in [3.05, 3.63) is 76.0 Å². The maximum Gasteiger partial charge on any atom is 0.291 e. The van der Waals surface area contributed by atoms with Gasteiger partial charge in [0.2, 0.25) is 0 Å². The van der Waals surface area contributed by atoms with Crippen LogP contribution in [0.15, 0.2) is 57.6 Å². The number of carbonyl (C=O) groups is 1. The molecule has 1 amide bonds. The van der Waals surface area contributed by atoms with E-state index in [1.807, 2.05) is 48.9 Å². The van der Waals surface area contributed by atoms with E-state index in [0.717, 1.165) is 26.8 Å². The second-order valence-corrected chi connectivity index (χ2v) is 7.04. The van der Waals surface area contributed by atoms with Crippen LogP contribution in [0.25, 0.3) is 10.9 Å². The number of furan rings is 1. The zero-order valence-corrected chi connectivity index (χ0v) is 16.4. The number of amides is 1. The number of hydrogen-bond donors (Lipinski definition) is 1. The second kappa shape index (κ2) is 7.00. The summed E-state index contributed by atoms with van der Waals surface area (Å²) in [4.78, 5) is 16.9. The number of nitrogens with one attached hydrogen (secondary N) is 1. The summed E-state index contributed by atoms with van der Waals surface area (Å²) in [6.07, 6.45) is 1.70. The van der Waals surface area contributed by atoms with E-state index in [4.69, 9.17) is 4.42 Å². The minimum absolute atomic E-state index is 0.249. The molecule has 0 aliphatic rings. The van der Waals surface area contributed by atoms with Crippen LogP contribution in [0.4, 0.5) is 5.69 Å². The lowest BCUT2D eigenvalue weighted by Crippen LogP contribution is -2.11. The van der Waals surface area contributed by atoms with E-state index in [9.17, 15) is 4.79 Å². The van der Waals surface area contributed by atoms with E-state index >= 15 is 0 Å². The van der Waals surface area contributed by atoms with E-state index < -0.39 is 0 Å². The smallest absolute Gasteiger partial charge is 0.291 e. The van der Waals surface area contributed by atoms with Gasteiger partial charge in [-0.25, -0.2) is 0 Å². The standard InChI is InChI=1S/C20H17BrN4O2/c1-12-18(21)13(2)25(24-12)11-15-8-9-17(27-15)20(26)23-16-7-3-5-14-6-4-10-22-19(14)16/h3-10H,11H2,1-2H3,(H,23,26). The van der Waals surface area contributed by atoms with E-state index in [0.29, 0.717) is 18.0 Å². The summed E-state index contributed by atoms with van der Waals surface area (Å²) in [5, 5.41) is 8.30. The fourth-order valence-corrected chi connectivity index (χ4v) is 3.23. The Morgan fingerprint density at radius 2 is 2.00 bits per heavy atom. The largest absolute Gasteiger partial charge is 0.454 e. The molecule has 1 N–H and O–H groups in total. The van der Waals surface area contributed by atoms with Crippen molar-refractivity contribution in [2.24, 2.45) is 0 Å². The minimum atomic E-state index is -0.311. The van der Waals surface area contributed by atoms with Gasteiger partial charge >= 0.3 is 0 Å². The third-order valence-electron chi connectivity index (χ3n) is 4.37. The number of rotatable bonds is 4. The number of pyridine rings is 1. The van der Waals surface area contributed by atoms with Crippen LogP contribution in [-0.2, 0) is 6.54 Å². The molecule has 4 aromatic rings. The average Bonchev–Trinajstić information content (AvgIpc) is 3.23. The molecule has 0 radical (unpaired) electrons. The Morgan fingerprint density at radius 1 is 1.19 bits per heavy atom. The molecule has 0 saturated heterocycles. The van der Waals surface area contributed by atoms with Crippen molar-refractivity contribution < 1.29 is 9.21 Å². The van der Waals surface area contributed by atoms with Gasteiger partial charge in [-0.05, 0) is 54.0 Å². The van der Waals surface area contributed by atoms with E-state index in [1.54, 1.807) is 18.3 Å². The first-order valence-corrected chi connectivity index (χ1v) is 9.25. The number of hydrogen-bond acceptors (Lipinski definition) is 4. The van der Waals surface area contributed by atoms with E-state index in [-0.39, 0.29) is 11.7 Å². The van der Waals surface area contributed by atoms with E-state index in [1.165, 1.54) is 0 Å². The van der Waals surface area contributed by atoms with Crippen LogP contribution in [0.5, 0.6) is 0 Å². The summed E-state index contributed by atoms with van der Waals surface area (Å²) in [6, 6.07) is 12.9. The second-order valence-electron chi connectivity index (χ2n) is 6.24. The first kappa shape index (κ1) is 17.5. The highest BCUT2D eigenvalue weighted by Gasteiger charge is 2.15. The number of aromatic nitrogens is 3. The van der Waals surface area contributed by atoms with Gasteiger partial charge in [0, 0.05) is 11.6 Å². The average molecular weight is 425 g/mol. The van der Waals surface area contributed by atoms with Crippen molar-refractivity contribution in [3.63, 3.8) is 0 Å². The first-order valence-electron chi connectivity index (χ1n) is 8.46. The van der Waals surface area contributed by atoms with Gasteiger partial charge in [0.1, 0.15) is 5.76 Å². The minimum Gasteiger partial charge on any atom is -0.454 e. The third kappa shape index (κ3) is 3.38. The molecular formula is C20H17BrN4O2. The highest BCUT2D eigenvalue weighted by Crippen LogP contribution is 2.23. The number of fused-ring (bicyclic) bond motifs is 1. The molecule has 136 valence electrons. The molecule has 4 rings (SSSR count). The van der Waals surface area contributed by atoms with Gasteiger partial charge in [-0.15, -0.1) is 0 Å². The Bertz CT molecular complexity index is 1140. The van der Waals surface area contributed by atoms with Crippen molar-refractivity contribution in [2.75, 3.05) is 5.32 Å². The Hall–Kier alpha value is -2.93. The highest BCUT2D eigenvalue weighted by atomic mass is 79.9. The molecule has 0 aliphatic heterocycles. The molecular weight excluding hydrogens is 408 g/mol. The molecule has 0 unspecified atom stereocenters. The molecule has 6 nitrogen and oxygen atoms in total. The number of aryl methyl sites for hydroxylation is 1.